The van der Waals surface area contributed by atoms with Crippen molar-refractivity contribution in [1.29, 1.82) is 0 Å². The first kappa shape index (κ1) is 14.6. The summed E-state index contributed by atoms with van der Waals surface area (Å²) in [6.07, 6.45) is 3.98. The summed E-state index contributed by atoms with van der Waals surface area (Å²) >= 11 is 0. The predicted octanol–water partition coefficient (Wildman–Crippen LogP) is 2.78. The van der Waals surface area contributed by atoms with Gasteiger partial charge in [0.2, 0.25) is 0 Å². The molecule has 1 aromatic carbocycles. The van der Waals surface area contributed by atoms with Crippen molar-refractivity contribution in [3.05, 3.63) is 64.5 Å². The summed E-state index contributed by atoms with van der Waals surface area (Å²) in [6, 6.07) is 3.65. The fourth-order valence-corrected chi connectivity index (χ4v) is 2.29. The van der Waals surface area contributed by atoms with Crippen LogP contribution in [-0.4, -0.2) is 4.98 Å². The van der Waals surface area contributed by atoms with Crippen LogP contribution >= 0.6 is 0 Å². The second kappa shape index (κ2) is 6.07. The van der Waals surface area contributed by atoms with E-state index in [1.54, 1.807) is 25.4 Å². The van der Waals surface area contributed by atoms with Crippen molar-refractivity contribution in [3.8, 4) is 0 Å². The van der Waals surface area contributed by atoms with Crippen molar-refractivity contribution < 1.29 is 8.78 Å². The lowest BCUT2D eigenvalue weighted by Crippen LogP contribution is -2.31. The number of nitrogens with one attached hydrogen (secondary N) is 1. The van der Waals surface area contributed by atoms with Gasteiger partial charge in [-0.3, -0.25) is 10.8 Å². The molecule has 106 valence electrons. The number of hydrogen-bond acceptors (Lipinski definition) is 3. The minimum atomic E-state index is -0.743. The number of aromatic nitrogens is 1. The van der Waals surface area contributed by atoms with Crippen LogP contribution in [-0.2, 0) is 6.42 Å². The second-order valence-corrected chi connectivity index (χ2v) is 4.62. The molecule has 0 saturated heterocycles. The van der Waals surface area contributed by atoms with E-state index < -0.39 is 17.7 Å². The number of benzene rings is 1. The zero-order chi connectivity index (χ0) is 14.7. The maximum Gasteiger partial charge on any atom is 0.134 e. The average molecular weight is 277 g/mol. The van der Waals surface area contributed by atoms with E-state index in [0.717, 1.165) is 11.1 Å². The normalized spacial score (nSPS) is 12.4. The van der Waals surface area contributed by atoms with E-state index in [9.17, 15) is 8.78 Å². The van der Waals surface area contributed by atoms with E-state index >= 15 is 0 Å². The van der Waals surface area contributed by atoms with E-state index in [4.69, 9.17) is 5.84 Å². The molecular formula is C15H17F2N3. The molecule has 1 atom stereocenters. The molecule has 1 heterocycles. The predicted molar refractivity (Wildman–Crippen MR) is 73.9 cm³/mol. The third-order valence-corrected chi connectivity index (χ3v) is 3.41. The van der Waals surface area contributed by atoms with Gasteiger partial charge in [-0.25, -0.2) is 14.2 Å². The van der Waals surface area contributed by atoms with Gasteiger partial charge in [-0.1, -0.05) is 13.0 Å². The Morgan fingerprint density at radius 3 is 2.70 bits per heavy atom. The first-order chi connectivity index (χ1) is 9.60. The molecule has 0 saturated carbocycles. The van der Waals surface area contributed by atoms with Gasteiger partial charge in [-0.15, -0.1) is 0 Å². The number of nitrogens with two attached hydrogens (primary N) is 1. The van der Waals surface area contributed by atoms with Gasteiger partial charge in [0.1, 0.15) is 11.6 Å². The SMILES string of the molecule is CCc1cnccc1C(NN)c1c(F)ccc(C)c1F. The number of nitrogens with zero attached hydrogens (tertiary/aromatic N) is 1. The first-order valence-corrected chi connectivity index (χ1v) is 6.43. The molecule has 20 heavy (non-hydrogen) atoms. The van der Waals surface area contributed by atoms with E-state index in [-0.39, 0.29) is 5.56 Å². The molecule has 0 amide bonds. The van der Waals surface area contributed by atoms with Gasteiger partial charge in [0.05, 0.1) is 6.04 Å². The zero-order valence-electron chi connectivity index (χ0n) is 11.5. The van der Waals surface area contributed by atoms with Gasteiger partial charge in [0.25, 0.3) is 0 Å². The minimum Gasteiger partial charge on any atom is -0.271 e. The zero-order valence-corrected chi connectivity index (χ0v) is 11.5. The monoisotopic (exact) mass is 277 g/mol. The number of halogens is 2. The van der Waals surface area contributed by atoms with Gasteiger partial charge in [0.15, 0.2) is 0 Å². The molecule has 3 nitrogen and oxygen atoms in total. The number of hydrogen-bond donors (Lipinski definition) is 2. The molecule has 1 aromatic heterocycles. The number of pyridine rings is 1. The standard InChI is InChI=1S/C15H17F2N3/c1-3-10-8-19-7-6-11(10)15(20-18)13-12(16)5-4-9(2)14(13)17/h4-8,15,20H,3,18H2,1-2H3. The lowest BCUT2D eigenvalue weighted by atomic mass is 9.93. The summed E-state index contributed by atoms with van der Waals surface area (Å²) in [5.41, 5.74) is 4.46. The van der Waals surface area contributed by atoms with Crippen LogP contribution in [0.25, 0.3) is 0 Å². The third kappa shape index (κ3) is 2.55. The highest BCUT2D eigenvalue weighted by molar-refractivity contribution is 5.39. The largest absolute Gasteiger partial charge is 0.271 e. The highest BCUT2D eigenvalue weighted by Crippen LogP contribution is 2.29. The second-order valence-electron chi connectivity index (χ2n) is 4.62. The Balaban J connectivity index is 2.62. The third-order valence-electron chi connectivity index (χ3n) is 3.41. The van der Waals surface area contributed by atoms with Crippen molar-refractivity contribution in [2.24, 2.45) is 5.84 Å². The van der Waals surface area contributed by atoms with Crippen molar-refractivity contribution in [3.63, 3.8) is 0 Å². The smallest absolute Gasteiger partial charge is 0.134 e. The van der Waals surface area contributed by atoms with Crippen LogP contribution in [0.3, 0.4) is 0 Å². The summed E-state index contributed by atoms with van der Waals surface area (Å²) < 4.78 is 28.3. The van der Waals surface area contributed by atoms with Crippen LogP contribution in [0.5, 0.6) is 0 Å². The van der Waals surface area contributed by atoms with Crippen molar-refractivity contribution in [1.82, 2.24) is 10.4 Å². The van der Waals surface area contributed by atoms with E-state index in [1.165, 1.54) is 12.1 Å². The van der Waals surface area contributed by atoms with E-state index in [0.29, 0.717) is 12.0 Å². The Hall–Kier alpha value is -1.85. The lowest BCUT2D eigenvalue weighted by Gasteiger charge is -2.21. The van der Waals surface area contributed by atoms with Gasteiger partial charge in [0, 0.05) is 18.0 Å². The van der Waals surface area contributed by atoms with Gasteiger partial charge < -0.3 is 0 Å². The van der Waals surface area contributed by atoms with Crippen LogP contribution in [0.2, 0.25) is 0 Å². The Kier molecular flexibility index (Phi) is 4.42. The van der Waals surface area contributed by atoms with Crippen molar-refractivity contribution in [2.45, 2.75) is 26.3 Å². The molecule has 0 radical (unpaired) electrons. The fraction of sp³-hybridized carbons (Fsp3) is 0.267. The van der Waals surface area contributed by atoms with E-state index in [2.05, 4.69) is 10.4 Å². The van der Waals surface area contributed by atoms with Crippen LogP contribution in [0.15, 0.2) is 30.6 Å². The maximum absolute atomic E-state index is 14.3. The Bertz CT molecular complexity index is 614. The molecule has 3 N–H and O–H groups in total. The van der Waals surface area contributed by atoms with Crippen LogP contribution in [0.1, 0.15) is 35.2 Å². The lowest BCUT2D eigenvalue weighted by molar-refractivity contribution is 0.505. The van der Waals surface area contributed by atoms with Crippen molar-refractivity contribution >= 4 is 0 Å². The molecule has 0 aliphatic rings. The molecule has 2 rings (SSSR count). The quantitative estimate of drug-likeness (QED) is 0.667. The van der Waals surface area contributed by atoms with Crippen LogP contribution in [0.4, 0.5) is 8.78 Å². The first-order valence-electron chi connectivity index (χ1n) is 6.43. The highest BCUT2D eigenvalue weighted by atomic mass is 19.1. The average Bonchev–Trinajstić information content (AvgIpc) is 2.47. The summed E-state index contributed by atoms with van der Waals surface area (Å²) in [5.74, 6) is 4.35. The molecule has 2 aromatic rings. The van der Waals surface area contributed by atoms with Gasteiger partial charge in [-0.05, 0) is 42.2 Å². The fourth-order valence-electron chi connectivity index (χ4n) is 2.29. The maximum atomic E-state index is 14.3. The van der Waals surface area contributed by atoms with Crippen LogP contribution < -0.4 is 11.3 Å². The number of hydrazine groups is 1. The number of rotatable bonds is 4. The number of aryl methyl sites for hydroxylation is 2. The topological polar surface area (TPSA) is 50.9 Å². The molecular weight excluding hydrogens is 260 g/mol. The van der Waals surface area contributed by atoms with Gasteiger partial charge >= 0.3 is 0 Å². The van der Waals surface area contributed by atoms with Gasteiger partial charge in [-0.2, -0.15) is 0 Å². The molecule has 0 aliphatic heterocycles. The summed E-state index contributed by atoms with van der Waals surface area (Å²) in [7, 11) is 0. The van der Waals surface area contributed by atoms with Crippen LogP contribution in [0, 0.1) is 18.6 Å². The Morgan fingerprint density at radius 2 is 2.05 bits per heavy atom. The molecule has 0 aliphatic carbocycles. The van der Waals surface area contributed by atoms with Crippen molar-refractivity contribution in [2.75, 3.05) is 0 Å². The summed E-state index contributed by atoms with van der Waals surface area (Å²) in [5, 5.41) is 0. The molecule has 5 heteroatoms. The van der Waals surface area contributed by atoms with E-state index in [1.807, 2.05) is 6.92 Å². The Labute approximate surface area is 116 Å². The highest BCUT2D eigenvalue weighted by Gasteiger charge is 2.23. The summed E-state index contributed by atoms with van der Waals surface area (Å²) in [6.45, 7) is 3.55. The molecule has 1 unspecified atom stereocenters. The Morgan fingerprint density at radius 1 is 1.30 bits per heavy atom. The molecule has 0 spiro atoms. The minimum absolute atomic E-state index is 0.0617. The summed E-state index contributed by atoms with van der Waals surface area (Å²) in [4.78, 5) is 4.03. The molecule has 0 fully saturated rings. The molecule has 0 bridgehead atoms.